The molecule has 0 aromatic rings. The Kier molecular flexibility index (Phi) is 5.28. The van der Waals surface area contributed by atoms with E-state index in [1.165, 1.54) is 32.1 Å². The van der Waals surface area contributed by atoms with Crippen molar-refractivity contribution in [2.24, 2.45) is 23.2 Å². The molecule has 0 amide bonds. The molecule has 0 bridgehead atoms. The maximum absolute atomic E-state index is 2.57. The third-order valence-electron chi connectivity index (χ3n) is 4.93. The summed E-state index contributed by atoms with van der Waals surface area (Å²) in [6.07, 6.45) is 9.60. The average Bonchev–Trinajstić information content (AvgIpc) is 2.30. The van der Waals surface area contributed by atoms with Gasteiger partial charge in [0.15, 0.2) is 0 Å². The summed E-state index contributed by atoms with van der Waals surface area (Å²) in [5.74, 6) is 2.64. The fourth-order valence-electron chi connectivity index (χ4n) is 4.47. The summed E-state index contributed by atoms with van der Waals surface area (Å²) in [6, 6.07) is 0. The lowest BCUT2D eigenvalue weighted by molar-refractivity contribution is 0.0753. The van der Waals surface area contributed by atoms with E-state index >= 15 is 0 Å². The van der Waals surface area contributed by atoms with Crippen LogP contribution in [-0.2, 0) is 0 Å². The van der Waals surface area contributed by atoms with Gasteiger partial charge in [-0.25, -0.2) is 0 Å². The van der Waals surface area contributed by atoms with Gasteiger partial charge in [-0.3, -0.25) is 0 Å². The number of allylic oxidation sites excluding steroid dienone is 2. The molecule has 2 aliphatic rings. The lowest BCUT2D eigenvalue weighted by atomic mass is 9.54. The zero-order valence-corrected chi connectivity index (χ0v) is 12.8. The van der Waals surface area contributed by atoms with Gasteiger partial charge >= 0.3 is 0 Å². The van der Waals surface area contributed by atoms with E-state index in [1.54, 1.807) is 5.57 Å². The van der Waals surface area contributed by atoms with Crippen LogP contribution in [0.3, 0.4) is 0 Å². The van der Waals surface area contributed by atoms with E-state index in [2.05, 4.69) is 33.8 Å². The van der Waals surface area contributed by atoms with Crippen LogP contribution in [-0.4, -0.2) is 0 Å². The molecule has 0 nitrogen and oxygen atoms in total. The van der Waals surface area contributed by atoms with Gasteiger partial charge < -0.3 is 0 Å². The van der Waals surface area contributed by atoms with E-state index in [0.29, 0.717) is 5.41 Å². The van der Waals surface area contributed by atoms with Crippen LogP contribution >= 0.6 is 0 Å². The van der Waals surface area contributed by atoms with Crippen LogP contribution in [0.25, 0.3) is 0 Å². The van der Waals surface area contributed by atoms with Crippen molar-refractivity contribution < 1.29 is 0 Å². The smallest absolute Gasteiger partial charge is 0.00831 e. The molecule has 0 heteroatoms. The Bertz CT molecular complexity index is 261. The van der Waals surface area contributed by atoms with E-state index < -0.39 is 0 Å². The molecule has 2 unspecified atom stereocenters. The summed E-state index contributed by atoms with van der Waals surface area (Å²) in [6.45, 7) is 13.8. The number of rotatable bonds is 1. The lowest BCUT2D eigenvalue weighted by Crippen LogP contribution is -2.41. The molecule has 0 aromatic carbocycles. The van der Waals surface area contributed by atoms with Crippen LogP contribution in [0.15, 0.2) is 11.6 Å². The molecule has 1 saturated carbocycles. The molecule has 0 heterocycles. The molecule has 17 heavy (non-hydrogen) atoms. The van der Waals surface area contributed by atoms with Gasteiger partial charge in [0.05, 0.1) is 0 Å². The second kappa shape index (κ2) is 6.07. The molecule has 2 aliphatic carbocycles. The van der Waals surface area contributed by atoms with Gasteiger partial charge in [-0.15, -0.1) is 0 Å². The van der Waals surface area contributed by atoms with Crippen molar-refractivity contribution in [2.75, 3.05) is 0 Å². The molecule has 0 saturated heterocycles. The van der Waals surface area contributed by atoms with E-state index in [1.807, 2.05) is 13.8 Å². The van der Waals surface area contributed by atoms with Crippen molar-refractivity contribution in [1.29, 1.82) is 0 Å². The Labute approximate surface area is 109 Å². The molecule has 0 aromatic heterocycles. The highest BCUT2D eigenvalue weighted by molar-refractivity contribution is 5.21. The minimum absolute atomic E-state index is 0.546. The molecule has 3 atom stereocenters. The third kappa shape index (κ3) is 2.77. The van der Waals surface area contributed by atoms with Gasteiger partial charge in [0.1, 0.15) is 0 Å². The molecule has 0 aliphatic heterocycles. The predicted molar refractivity (Wildman–Crippen MR) is 78.1 cm³/mol. The third-order valence-corrected chi connectivity index (χ3v) is 4.93. The van der Waals surface area contributed by atoms with Crippen molar-refractivity contribution in [3.8, 4) is 0 Å². The topological polar surface area (TPSA) is 0 Å². The van der Waals surface area contributed by atoms with Gasteiger partial charge in [-0.05, 0) is 48.9 Å². The van der Waals surface area contributed by atoms with Gasteiger partial charge in [-0.1, -0.05) is 59.6 Å². The van der Waals surface area contributed by atoms with Crippen LogP contribution < -0.4 is 0 Å². The first kappa shape index (κ1) is 14.8. The van der Waals surface area contributed by atoms with E-state index in [-0.39, 0.29) is 0 Å². The van der Waals surface area contributed by atoms with E-state index in [9.17, 15) is 0 Å². The zero-order valence-electron chi connectivity index (χ0n) is 12.8. The molecule has 0 radical (unpaired) electrons. The van der Waals surface area contributed by atoms with Crippen molar-refractivity contribution >= 4 is 0 Å². The highest BCUT2D eigenvalue weighted by atomic mass is 14.5. The van der Waals surface area contributed by atoms with Crippen molar-refractivity contribution in [2.45, 2.75) is 73.6 Å². The number of fused-ring (bicyclic) bond motifs is 1. The van der Waals surface area contributed by atoms with Crippen LogP contribution in [0.2, 0.25) is 0 Å². The summed E-state index contributed by atoms with van der Waals surface area (Å²) in [4.78, 5) is 0. The highest BCUT2D eigenvalue weighted by Crippen LogP contribution is 2.54. The monoisotopic (exact) mass is 236 g/mol. The second-order valence-electron chi connectivity index (χ2n) is 6.34. The predicted octanol–water partition coefficient (Wildman–Crippen LogP) is 5.83. The molecule has 1 fully saturated rings. The Morgan fingerprint density at radius 1 is 1.24 bits per heavy atom. The van der Waals surface area contributed by atoms with Crippen LogP contribution in [0.1, 0.15) is 73.6 Å². The van der Waals surface area contributed by atoms with Crippen molar-refractivity contribution in [1.82, 2.24) is 0 Å². The summed E-state index contributed by atoms with van der Waals surface area (Å²) in [7, 11) is 0. The first-order chi connectivity index (χ1) is 8.05. The Hall–Kier alpha value is -0.260. The summed E-state index contributed by atoms with van der Waals surface area (Å²) < 4.78 is 0. The number of hydrogen-bond donors (Lipinski definition) is 0. The first-order valence-electron chi connectivity index (χ1n) is 7.75. The average molecular weight is 236 g/mol. The van der Waals surface area contributed by atoms with Gasteiger partial charge in [0, 0.05) is 0 Å². The normalized spacial score (nSPS) is 36.8. The van der Waals surface area contributed by atoms with Crippen LogP contribution in [0.5, 0.6) is 0 Å². The van der Waals surface area contributed by atoms with Crippen LogP contribution in [0.4, 0.5) is 0 Å². The Balaban J connectivity index is 0.000000686. The summed E-state index contributed by atoms with van der Waals surface area (Å²) in [5.41, 5.74) is 2.34. The molecular weight excluding hydrogens is 204 g/mol. The SMILES string of the molecule is CC.CC(C)C1C(C)CC=C2CCCC[C@@]21C. The fourth-order valence-corrected chi connectivity index (χ4v) is 4.47. The maximum Gasteiger partial charge on any atom is -0.00831 e. The lowest BCUT2D eigenvalue weighted by Gasteiger charge is -2.50. The molecule has 100 valence electrons. The molecule has 0 spiro atoms. The van der Waals surface area contributed by atoms with E-state index in [0.717, 1.165) is 17.8 Å². The van der Waals surface area contributed by atoms with E-state index in [4.69, 9.17) is 0 Å². The Morgan fingerprint density at radius 2 is 1.88 bits per heavy atom. The summed E-state index contributed by atoms with van der Waals surface area (Å²) in [5, 5.41) is 0. The molecular formula is C17H32. The standard InChI is InChI=1S/C15H26.C2H6/c1-11(2)14-12(3)8-9-13-7-5-6-10-15(13,14)4;1-2/h9,11-12,14H,5-8,10H2,1-4H3;1-2H3/t12?,14?,15-;/m0./s1. The molecule has 2 rings (SSSR count). The minimum Gasteiger partial charge on any atom is -0.0845 e. The summed E-state index contributed by atoms with van der Waals surface area (Å²) >= 11 is 0. The first-order valence-corrected chi connectivity index (χ1v) is 7.75. The van der Waals surface area contributed by atoms with Gasteiger partial charge in [0.25, 0.3) is 0 Å². The van der Waals surface area contributed by atoms with Crippen LogP contribution in [0, 0.1) is 23.2 Å². The maximum atomic E-state index is 2.57. The minimum atomic E-state index is 0.546. The Morgan fingerprint density at radius 3 is 2.47 bits per heavy atom. The largest absolute Gasteiger partial charge is 0.0845 e. The molecule has 0 N–H and O–H groups in total. The zero-order chi connectivity index (χ0) is 13.1. The highest BCUT2D eigenvalue weighted by Gasteiger charge is 2.44. The second-order valence-corrected chi connectivity index (χ2v) is 6.34. The number of hydrogen-bond acceptors (Lipinski definition) is 0. The fraction of sp³-hybridized carbons (Fsp3) is 0.882. The quantitative estimate of drug-likeness (QED) is 0.502. The van der Waals surface area contributed by atoms with Gasteiger partial charge in [0.2, 0.25) is 0 Å². The van der Waals surface area contributed by atoms with Gasteiger partial charge in [-0.2, -0.15) is 0 Å². The van der Waals surface area contributed by atoms with Crippen molar-refractivity contribution in [3.63, 3.8) is 0 Å². The van der Waals surface area contributed by atoms with Crippen molar-refractivity contribution in [3.05, 3.63) is 11.6 Å².